The molecule has 0 aliphatic carbocycles. The maximum absolute atomic E-state index is 12.7. The molecule has 1 aromatic heterocycles. The Morgan fingerprint density at radius 3 is 2.69 bits per heavy atom. The maximum Gasteiger partial charge on any atom is 0.257 e. The number of carbonyl (C=O) groups excluding carboxylic acids is 2. The molecule has 26 heavy (non-hydrogen) atoms. The Morgan fingerprint density at radius 2 is 1.96 bits per heavy atom. The first-order chi connectivity index (χ1) is 12.6. The molecule has 0 N–H and O–H groups in total. The van der Waals surface area contributed by atoms with E-state index < -0.39 is 5.60 Å². The van der Waals surface area contributed by atoms with E-state index in [0.29, 0.717) is 25.1 Å². The molecule has 0 bridgehead atoms. The Hall–Kier alpha value is -2.80. The van der Waals surface area contributed by atoms with Crippen molar-refractivity contribution in [2.75, 3.05) is 24.6 Å². The first-order valence-corrected chi connectivity index (χ1v) is 8.64. The van der Waals surface area contributed by atoms with Crippen LogP contribution in [-0.4, -0.2) is 58.0 Å². The largest absolute Gasteiger partial charge is 0.361 e. The van der Waals surface area contributed by atoms with Gasteiger partial charge in [-0.2, -0.15) is 0 Å². The molecule has 3 heterocycles. The number of amides is 2. The van der Waals surface area contributed by atoms with Crippen LogP contribution in [0.25, 0.3) is 0 Å². The lowest BCUT2D eigenvalue weighted by molar-refractivity contribution is -0.149. The maximum atomic E-state index is 12.7. The molecular formula is C19H20N4O3. The van der Waals surface area contributed by atoms with E-state index in [1.165, 1.54) is 18.7 Å². The highest BCUT2D eigenvalue weighted by molar-refractivity contribution is 5.96. The quantitative estimate of drug-likeness (QED) is 0.819. The second-order valence-corrected chi connectivity index (χ2v) is 6.86. The fraction of sp³-hybridized carbons (Fsp3) is 0.368. The minimum absolute atomic E-state index is 0.0123. The number of aromatic nitrogens is 2. The van der Waals surface area contributed by atoms with E-state index in [0.717, 1.165) is 5.69 Å². The van der Waals surface area contributed by atoms with Gasteiger partial charge in [-0.05, 0) is 25.5 Å². The average Bonchev–Trinajstić information content (AvgIpc) is 2.69. The summed E-state index contributed by atoms with van der Waals surface area (Å²) in [7, 11) is 0. The molecule has 0 radical (unpaired) electrons. The molecular weight excluding hydrogens is 332 g/mol. The van der Waals surface area contributed by atoms with Gasteiger partial charge in [-0.15, -0.1) is 0 Å². The Labute approximate surface area is 151 Å². The number of rotatable bonds is 2. The second kappa shape index (κ2) is 6.49. The minimum Gasteiger partial charge on any atom is -0.361 e. The summed E-state index contributed by atoms with van der Waals surface area (Å²) >= 11 is 0. The van der Waals surface area contributed by atoms with Gasteiger partial charge in [0, 0.05) is 24.6 Å². The van der Waals surface area contributed by atoms with Gasteiger partial charge in [0.25, 0.3) is 11.8 Å². The van der Waals surface area contributed by atoms with Gasteiger partial charge in [0.05, 0.1) is 18.2 Å². The average molecular weight is 352 g/mol. The zero-order valence-electron chi connectivity index (χ0n) is 14.5. The highest BCUT2D eigenvalue weighted by Gasteiger charge is 2.50. The molecule has 2 aromatic rings. The zero-order valence-corrected chi connectivity index (χ0v) is 14.5. The molecule has 1 aromatic carbocycles. The molecule has 2 aliphatic heterocycles. The van der Waals surface area contributed by atoms with Crippen LogP contribution in [0.1, 0.15) is 23.7 Å². The van der Waals surface area contributed by atoms with Crippen LogP contribution in [-0.2, 0) is 9.53 Å². The SMILES string of the molecule is C[C@@]12CN(C(=O)c3cncnc3)CC[C@H]1N(c1ccccc1)C(=O)CO2. The number of benzene rings is 1. The van der Waals surface area contributed by atoms with Crippen molar-refractivity contribution in [3.8, 4) is 0 Å². The highest BCUT2D eigenvalue weighted by atomic mass is 16.5. The molecule has 7 heteroatoms. The lowest BCUT2D eigenvalue weighted by Gasteiger charge is -2.52. The number of anilines is 1. The van der Waals surface area contributed by atoms with Crippen LogP contribution >= 0.6 is 0 Å². The summed E-state index contributed by atoms with van der Waals surface area (Å²) in [5, 5.41) is 0. The van der Waals surface area contributed by atoms with Gasteiger partial charge in [-0.3, -0.25) is 9.59 Å². The topological polar surface area (TPSA) is 75.6 Å². The number of hydrogen-bond donors (Lipinski definition) is 0. The van der Waals surface area contributed by atoms with Crippen molar-refractivity contribution in [2.24, 2.45) is 0 Å². The normalized spacial score (nSPS) is 25.7. The van der Waals surface area contributed by atoms with Crippen LogP contribution in [0.4, 0.5) is 5.69 Å². The second-order valence-electron chi connectivity index (χ2n) is 6.86. The summed E-state index contributed by atoms with van der Waals surface area (Å²) in [6.07, 6.45) is 5.09. The fourth-order valence-electron chi connectivity index (χ4n) is 3.84. The van der Waals surface area contributed by atoms with E-state index in [4.69, 9.17) is 4.74 Å². The van der Waals surface area contributed by atoms with Gasteiger partial charge in [0.2, 0.25) is 0 Å². The Balaban J connectivity index is 1.59. The monoisotopic (exact) mass is 352 g/mol. The number of carbonyl (C=O) groups is 2. The van der Waals surface area contributed by atoms with Crippen molar-refractivity contribution in [1.29, 1.82) is 0 Å². The van der Waals surface area contributed by atoms with Crippen molar-refractivity contribution < 1.29 is 14.3 Å². The van der Waals surface area contributed by atoms with Gasteiger partial charge in [-0.25, -0.2) is 9.97 Å². The van der Waals surface area contributed by atoms with E-state index >= 15 is 0 Å². The molecule has 2 amide bonds. The number of likely N-dealkylation sites (tertiary alicyclic amines) is 1. The van der Waals surface area contributed by atoms with E-state index in [-0.39, 0.29) is 24.5 Å². The Kier molecular flexibility index (Phi) is 4.16. The number of para-hydroxylation sites is 1. The van der Waals surface area contributed by atoms with Gasteiger partial charge < -0.3 is 14.5 Å². The van der Waals surface area contributed by atoms with Gasteiger partial charge in [0.15, 0.2) is 0 Å². The summed E-state index contributed by atoms with van der Waals surface area (Å²) in [5.41, 5.74) is 0.711. The highest BCUT2D eigenvalue weighted by Crippen LogP contribution is 2.36. The van der Waals surface area contributed by atoms with Gasteiger partial charge >= 0.3 is 0 Å². The van der Waals surface area contributed by atoms with E-state index in [2.05, 4.69) is 9.97 Å². The van der Waals surface area contributed by atoms with Crippen molar-refractivity contribution in [3.63, 3.8) is 0 Å². The fourth-order valence-corrected chi connectivity index (χ4v) is 3.84. The number of ether oxygens (including phenoxy) is 1. The molecule has 2 atom stereocenters. The molecule has 0 unspecified atom stereocenters. The molecule has 2 fully saturated rings. The smallest absolute Gasteiger partial charge is 0.257 e. The van der Waals surface area contributed by atoms with Gasteiger partial charge in [0.1, 0.15) is 18.5 Å². The predicted octanol–water partition coefficient (Wildman–Crippen LogP) is 1.51. The van der Waals surface area contributed by atoms with E-state index in [1.807, 2.05) is 42.2 Å². The minimum atomic E-state index is -0.618. The number of fused-ring (bicyclic) bond motifs is 1. The van der Waals surface area contributed by atoms with Crippen LogP contribution in [0.15, 0.2) is 49.1 Å². The van der Waals surface area contributed by atoms with Crippen LogP contribution in [0, 0.1) is 0 Å². The number of nitrogens with zero attached hydrogens (tertiary/aromatic N) is 4. The first kappa shape index (κ1) is 16.7. The summed E-state index contributed by atoms with van der Waals surface area (Å²) in [4.78, 5) is 36.7. The zero-order chi connectivity index (χ0) is 18.1. The summed E-state index contributed by atoms with van der Waals surface area (Å²) < 4.78 is 5.93. The summed E-state index contributed by atoms with van der Waals surface area (Å²) in [6, 6.07) is 9.52. The van der Waals surface area contributed by atoms with Crippen molar-refractivity contribution >= 4 is 17.5 Å². The van der Waals surface area contributed by atoms with Crippen LogP contribution < -0.4 is 4.90 Å². The molecule has 0 spiro atoms. The van der Waals surface area contributed by atoms with Gasteiger partial charge in [-0.1, -0.05) is 18.2 Å². The van der Waals surface area contributed by atoms with Crippen molar-refractivity contribution in [1.82, 2.24) is 14.9 Å². The summed E-state index contributed by atoms with van der Waals surface area (Å²) in [5.74, 6) is -0.160. The molecule has 2 saturated heterocycles. The first-order valence-electron chi connectivity index (χ1n) is 8.64. The molecule has 4 rings (SSSR count). The van der Waals surface area contributed by atoms with Crippen LogP contribution in [0.3, 0.4) is 0 Å². The lowest BCUT2D eigenvalue weighted by Crippen LogP contribution is -2.68. The molecule has 2 aliphatic rings. The summed E-state index contributed by atoms with van der Waals surface area (Å²) in [6.45, 7) is 2.95. The third-order valence-corrected chi connectivity index (χ3v) is 5.12. The van der Waals surface area contributed by atoms with Crippen LogP contribution in [0.5, 0.6) is 0 Å². The van der Waals surface area contributed by atoms with E-state index in [9.17, 15) is 9.59 Å². The number of hydrogen-bond acceptors (Lipinski definition) is 5. The Bertz CT molecular complexity index is 814. The Morgan fingerprint density at radius 1 is 1.23 bits per heavy atom. The van der Waals surface area contributed by atoms with Crippen LogP contribution in [0.2, 0.25) is 0 Å². The molecule has 7 nitrogen and oxygen atoms in total. The molecule has 134 valence electrons. The number of morpholine rings is 1. The van der Waals surface area contributed by atoms with E-state index in [1.54, 1.807) is 4.90 Å². The number of piperidine rings is 1. The third-order valence-electron chi connectivity index (χ3n) is 5.12. The molecule has 0 saturated carbocycles. The lowest BCUT2D eigenvalue weighted by atomic mass is 9.85. The third kappa shape index (κ3) is 2.84. The predicted molar refractivity (Wildman–Crippen MR) is 94.6 cm³/mol. The van der Waals surface area contributed by atoms with Crippen molar-refractivity contribution in [3.05, 3.63) is 54.6 Å². The van der Waals surface area contributed by atoms with Crippen molar-refractivity contribution in [2.45, 2.75) is 25.0 Å². The standard InChI is InChI=1S/C19H20N4O3/c1-19-12-22(18(25)14-9-20-13-21-10-14)8-7-16(19)23(17(24)11-26-19)15-5-3-2-4-6-15/h2-6,9-10,13,16H,7-8,11-12H2,1H3/t16-,19-/m1/s1.